The van der Waals surface area contributed by atoms with E-state index >= 15 is 0 Å². The molecule has 1 unspecified atom stereocenters. The Morgan fingerprint density at radius 1 is 1.19 bits per heavy atom. The minimum Gasteiger partial charge on any atom is -0.350 e. The third kappa shape index (κ3) is 4.98. The summed E-state index contributed by atoms with van der Waals surface area (Å²) in [5.74, 6) is 0.651. The molecule has 27 heavy (non-hydrogen) atoms. The fraction of sp³-hybridized carbons (Fsp3) is 0.300. The van der Waals surface area contributed by atoms with Crippen LogP contribution in [-0.4, -0.2) is 24.1 Å². The van der Waals surface area contributed by atoms with Crippen LogP contribution in [0.15, 0.2) is 47.4 Å². The number of nitrogens with one attached hydrogen (secondary N) is 1. The van der Waals surface area contributed by atoms with Gasteiger partial charge in [-0.1, -0.05) is 41.4 Å². The van der Waals surface area contributed by atoms with Crippen molar-refractivity contribution in [3.05, 3.63) is 58.1 Å². The van der Waals surface area contributed by atoms with Crippen LogP contribution in [0.1, 0.15) is 31.4 Å². The van der Waals surface area contributed by atoms with E-state index in [1.165, 1.54) is 0 Å². The fourth-order valence-corrected chi connectivity index (χ4v) is 4.59. The summed E-state index contributed by atoms with van der Waals surface area (Å²) in [6.07, 6.45) is 0.312. The SMILES string of the molecule is CC(NC(=O)CCC(=O)N1CCSc2ccccc21)c1ccc(Cl)cc1Cl. The Bertz CT molecular complexity index is 860. The summed E-state index contributed by atoms with van der Waals surface area (Å²) < 4.78 is 0. The number of carbonyl (C=O) groups excluding carboxylic acids is 2. The number of benzene rings is 2. The number of hydrogen-bond donors (Lipinski definition) is 1. The first-order valence-electron chi connectivity index (χ1n) is 8.72. The molecule has 0 aromatic heterocycles. The van der Waals surface area contributed by atoms with E-state index in [1.54, 1.807) is 34.9 Å². The predicted octanol–water partition coefficient (Wildman–Crippen LogP) is 5.09. The highest BCUT2D eigenvalue weighted by Gasteiger charge is 2.23. The number of thioether (sulfide) groups is 1. The third-order valence-electron chi connectivity index (χ3n) is 4.40. The van der Waals surface area contributed by atoms with E-state index < -0.39 is 0 Å². The fourth-order valence-electron chi connectivity index (χ4n) is 3.03. The van der Waals surface area contributed by atoms with Gasteiger partial charge in [-0.25, -0.2) is 0 Å². The molecule has 3 rings (SSSR count). The van der Waals surface area contributed by atoms with Gasteiger partial charge in [-0.3, -0.25) is 9.59 Å². The van der Waals surface area contributed by atoms with Gasteiger partial charge in [0.15, 0.2) is 0 Å². The normalized spacial score (nSPS) is 14.4. The van der Waals surface area contributed by atoms with Crippen LogP contribution in [0.3, 0.4) is 0 Å². The molecular weight excluding hydrogens is 403 g/mol. The zero-order chi connectivity index (χ0) is 19.4. The van der Waals surface area contributed by atoms with E-state index in [9.17, 15) is 9.59 Å². The molecule has 0 bridgehead atoms. The van der Waals surface area contributed by atoms with Gasteiger partial charge in [0.2, 0.25) is 11.8 Å². The summed E-state index contributed by atoms with van der Waals surface area (Å²) in [5, 5.41) is 3.95. The molecule has 2 amide bonds. The number of carbonyl (C=O) groups is 2. The largest absolute Gasteiger partial charge is 0.350 e. The molecule has 2 aromatic rings. The van der Waals surface area contributed by atoms with Crippen molar-refractivity contribution in [2.24, 2.45) is 0 Å². The molecule has 0 spiro atoms. The highest BCUT2D eigenvalue weighted by molar-refractivity contribution is 7.99. The minimum absolute atomic E-state index is 0.0323. The van der Waals surface area contributed by atoms with E-state index in [1.807, 2.05) is 31.2 Å². The molecule has 1 atom stereocenters. The van der Waals surface area contributed by atoms with Crippen molar-refractivity contribution in [2.45, 2.75) is 30.7 Å². The first kappa shape index (κ1) is 20.1. The third-order valence-corrected chi connectivity index (χ3v) is 6.01. The number of fused-ring (bicyclic) bond motifs is 1. The van der Waals surface area contributed by atoms with Crippen LogP contribution in [-0.2, 0) is 9.59 Å². The Labute approximate surface area is 173 Å². The second kappa shape index (κ2) is 9.00. The van der Waals surface area contributed by atoms with Crippen molar-refractivity contribution in [1.82, 2.24) is 5.32 Å². The molecule has 4 nitrogen and oxygen atoms in total. The second-order valence-corrected chi connectivity index (χ2v) is 8.30. The zero-order valence-corrected chi connectivity index (χ0v) is 17.2. The van der Waals surface area contributed by atoms with Crippen LogP contribution in [0.5, 0.6) is 0 Å². The zero-order valence-electron chi connectivity index (χ0n) is 14.9. The lowest BCUT2D eigenvalue weighted by molar-refractivity contribution is -0.125. The summed E-state index contributed by atoms with van der Waals surface area (Å²) in [6, 6.07) is 12.8. The van der Waals surface area contributed by atoms with Crippen LogP contribution < -0.4 is 10.2 Å². The molecule has 1 N–H and O–H groups in total. The maximum Gasteiger partial charge on any atom is 0.227 e. The summed E-state index contributed by atoms with van der Waals surface area (Å²) in [4.78, 5) is 27.8. The van der Waals surface area contributed by atoms with Crippen LogP contribution in [0.25, 0.3) is 0 Å². The lowest BCUT2D eigenvalue weighted by Gasteiger charge is -2.29. The van der Waals surface area contributed by atoms with Crippen LogP contribution in [0, 0.1) is 0 Å². The molecule has 0 aliphatic carbocycles. The van der Waals surface area contributed by atoms with E-state index in [4.69, 9.17) is 23.2 Å². The molecule has 1 aliphatic rings. The molecule has 0 fully saturated rings. The number of rotatable bonds is 5. The molecule has 142 valence electrons. The van der Waals surface area contributed by atoms with Crippen LogP contribution in [0.4, 0.5) is 5.69 Å². The van der Waals surface area contributed by atoms with Crippen molar-refractivity contribution in [2.75, 3.05) is 17.2 Å². The molecule has 7 heteroatoms. The number of amides is 2. The maximum absolute atomic E-state index is 12.6. The van der Waals surface area contributed by atoms with Gasteiger partial charge >= 0.3 is 0 Å². The van der Waals surface area contributed by atoms with Gasteiger partial charge in [-0.2, -0.15) is 0 Å². The monoisotopic (exact) mass is 422 g/mol. The second-order valence-electron chi connectivity index (χ2n) is 6.32. The summed E-state index contributed by atoms with van der Waals surface area (Å²) in [5.41, 5.74) is 1.73. The first-order chi connectivity index (χ1) is 13.0. The standard InChI is InChI=1S/C20H20Cl2N2O2S/c1-13(15-7-6-14(21)12-16(15)22)23-19(25)8-9-20(26)24-10-11-27-18-5-3-2-4-17(18)24/h2-7,12-13H,8-11H2,1H3,(H,23,25). The van der Waals surface area contributed by atoms with Crippen molar-refractivity contribution >= 4 is 52.5 Å². The number of anilines is 1. The van der Waals surface area contributed by atoms with Gasteiger partial charge < -0.3 is 10.2 Å². The number of para-hydroxylation sites is 1. The topological polar surface area (TPSA) is 49.4 Å². The van der Waals surface area contributed by atoms with Gasteiger partial charge in [0.05, 0.1) is 11.7 Å². The van der Waals surface area contributed by atoms with Crippen molar-refractivity contribution in [3.63, 3.8) is 0 Å². The van der Waals surface area contributed by atoms with Crippen molar-refractivity contribution in [1.29, 1.82) is 0 Å². The lowest BCUT2D eigenvalue weighted by Crippen LogP contribution is -2.36. The Morgan fingerprint density at radius 3 is 2.74 bits per heavy atom. The van der Waals surface area contributed by atoms with E-state index in [0.717, 1.165) is 21.9 Å². The predicted molar refractivity (Wildman–Crippen MR) is 112 cm³/mol. The Morgan fingerprint density at radius 2 is 1.96 bits per heavy atom. The van der Waals surface area contributed by atoms with Gasteiger partial charge in [0.25, 0.3) is 0 Å². The highest BCUT2D eigenvalue weighted by Crippen LogP contribution is 2.34. The van der Waals surface area contributed by atoms with Gasteiger partial charge in [0.1, 0.15) is 0 Å². The van der Waals surface area contributed by atoms with Gasteiger partial charge in [-0.05, 0) is 36.8 Å². The summed E-state index contributed by atoms with van der Waals surface area (Å²) in [6.45, 7) is 2.52. The molecular formula is C20H20Cl2N2O2S. The smallest absolute Gasteiger partial charge is 0.227 e. The van der Waals surface area contributed by atoms with Crippen LogP contribution in [0.2, 0.25) is 10.0 Å². The molecule has 1 aliphatic heterocycles. The highest BCUT2D eigenvalue weighted by atomic mass is 35.5. The van der Waals surface area contributed by atoms with Crippen molar-refractivity contribution < 1.29 is 9.59 Å². The average Bonchev–Trinajstić information content (AvgIpc) is 2.65. The molecule has 2 aromatic carbocycles. The quantitative estimate of drug-likeness (QED) is 0.729. The van der Waals surface area contributed by atoms with Crippen LogP contribution >= 0.6 is 35.0 Å². The molecule has 0 saturated heterocycles. The molecule has 0 saturated carbocycles. The molecule has 0 radical (unpaired) electrons. The summed E-state index contributed by atoms with van der Waals surface area (Å²) >= 11 is 13.8. The number of hydrogen-bond acceptors (Lipinski definition) is 3. The Kier molecular flexibility index (Phi) is 6.68. The maximum atomic E-state index is 12.6. The minimum atomic E-state index is -0.260. The first-order valence-corrected chi connectivity index (χ1v) is 10.5. The summed E-state index contributed by atoms with van der Waals surface area (Å²) in [7, 11) is 0. The van der Waals surface area contributed by atoms with Crippen molar-refractivity contribution in [3.8, 4) is 0 Å². The van der Waals surface area contributed by atoms with E-state index in [2.05, 4.69) is 5.32 Å². The van der Waals surface area contributed by atoms with Gasteiger partial charge in [-0.15, -0.1) is 11.8 Å². The number of nitrogens with zero attached hydrogens (tertiary/aromatic N) is 1. The van der Waals surface area contributed by atoms with E-state index in [-0.39, 0.29) is 30.7 Å². The average molecular weight is 423 g/mol. The lowest BCUT2D eigenvalue weighted by atomic mass is 10.1. The Balaban J connectivity index is 1.56. The van der Waals surface area contributed by atoms with E-state index in [0.29, 0.717) is 16.6 Å². The number of halogens is 2. The molecule has 1 heterocycles. The van der Waals surface area contributed by atoms with Gasteiger partial charge in [0, 0.05) is 40.1 Å². The Hall–Kier alpha value is -1.69.